The van der Waals surface area contributed by atoms with Crippen LogP contribution in [0, 0.1) is 11.2 Å². The average Bonchev–Trinajstić information content (AvgIpc) is 2.85. The summed E-state index contributed by atoms with van der Waals surface area (Å²) in [6.07, 6.45) is 0.530. The van der Waals surface area contributed by atoms with Crippen molar-refractivity contribution in [2.24, 2.45) is 5.41 Å². The number of imide groups is 1. The van der Waals surface area contributed by atoms with Crippen molar-refractivity contribution in [3.05, 3.63) is 102 Å². The molecule has 0 saturated carbocycles. The quantitative estimate of drug-likeness (QED) is 0.273. The number of phenols is 1. The highest BCUT2D eigenvalue weighted by atomic mass is 19.1. The third-order valence-electron chi connectivity index (χ3n) is 5.31. The summed E-state index contributed by atoms with van der Waals surface area (Å²) in [5.41, 5.74) is 6.06. The molecule has 36 heavy (non-hydrogen) atoms. The standard InChI is InChI=1S/C27H26FN3O5/c1-27(2,15-14-23(33)30-21-11-7-6-10-20(21)29)24(18-12-13-22(32)19(28)16-18)36-26(35)31-25(34)17-8-4-3-5-9-17/h3-16,24,32H,29H2,1-2H3,(H,30,33)(H,31,34,35)/b15-14+/t24-/m1/s1. The minimum absolute atomic E-state index is 0.204. The SMILES string of the molecule is CC(C)(/C=C/C(=O)Nc1ccccc1N)[C@H](OC(=O)NC(=O)c1ccccc1)c1ccc(O)c(F)c1. The van der Waals surface area contributed by atoms with Gasteiger partial charge in [-0.15, -0.1) is 0 Å². The van der Waals surface area contributed by atoms with E-state index in [0.717, 1.165) is 12.1 Å². The summed E-state index contributed by atoms with van der Waals surface area (Å²) in [5.74, 6) is -2.65. The molecule has 0 bridgehead atoms. The molecule has 186 valence electrons. The Kier molecular flexibility index (Phi) is 8.06. The number of para-hydroxylation sites is 2. The van der Waals surface area contributed by atoms with E-state index in [-0.39, 0.29) is 11.1 Å². The number of benzene rings is 3. The molecule has 0 aliphatic carbocycles. The Morgan fingerprint density at radius 2 is 1.69 bits per heavy atom. The molecule has 0 aromatic heterocycles. The predicted octanol–water partition coefficient (Wildman–Crippen LogP) is 4.94. The van der Waals surface area contributed by atoms with Crippen LogP contribution in [0.3, 0.4) is 0 Å². The Hall–Kier alpha value is -4.66. The number of carbonyl (C=O) groups excluding carboxylic acids is 3. The second-order valence-corrected chi connectivity index (χ2v) is 8.55. The van der Waals surface area contributed by atoms with Gasteiger partial charge in [-0.2, -0.15) is 0 Å². The molecule has 3 aromatic carbocycles. The van der Waals surface area contributed by atoms with Crippen LogP contribution >= 0.6 is 0 Å². The zero-order valence-electron chi connectivity index (χ0n) is 19.7. The molecule has 0 heterocycles. The zero-order valence-corrected chi connectivity index (χ0v) is 19.7. The Morgan fingerprint density at radius 1 is 1.03 bits per heavy atom. The van der Waals surface area contributed by atoms with Gasteiger partial charge < -0.3 is 20.9 Å². The summed E-state index contributed by atoms with van der Waals surface area (Å²) in [5, 5.41) is 14.4. The first-order valence-electron chi connectivity index (χ1n) is 11.0. The van der Waals surface area contributed by atoms with Crippen LogP contribution in [-0.2, 0) is 9.53 Å². The first-order chi connectivity index (χ1) is 17.1. The molecular formula is C27H26FN3O5. The molecule has 0 aliphatic heterocycles. The monoisotopic (exact) mass is 491 g/mol. The van der Waals surface area contributed by atoms with Crippen molar-refractivity contribution in [2.75, 3.05) is 11.1 Å². The Balaban J connectivity index is 1.82. The molecule has 0 radical (unpaired) electrons. The maximum atomic E-state index is 14.1. The number of phenolic OH excluding ortho intramolecular Hbond substituents is 1. The van der Waals surface area contributed by atoms with Crippen LogP contribution in [-0.4, -0.2) is 23.0 Å². The van der Waals surface area contributed by atoms with Gasteiger partial charge in [0.25, 0.3) is 5.91 Å². The summed E-state index contributed by atoms with van der Waals surface area (Å²) in [6.45, 7) is 3.32. The molecule has 3 aromatic rings. The molecule has 0 aliphatic rings. The van der Waals surface area contributed by atoms with E-state index in [1.165, 1.54) is 30.4 Å². The normalized spacial score (nSPS) is 12.1. The van der Waals surface area contributed by atoms with E-state index in [2.05, 4.69) is 10.6 Å². The van der Waals surface area contributed by atoms with Gasteiger partial charge in [-0.1, -0.05) is 56.3 Å². The van der Waals surface area contributed by atoms with Crippen molar-refractivity contribution >= 4 is 29.3 Å². The third kappa shape index (κ3) is 6.69. The molecule has 0 fully saturated rings. The highest BCUT2D eigenvalue weighted by Gasteiger charge is 2.33. The fourth-order valence-corrected chi connectivity index (χ4v) is 3.39. The van der Waals surface area contributed by atoms with Gasteiger partial charge in [-0.3, -0.25) is 14.9 Å². The van der Waals surface area contributed by atoms with Crippen LogP contribution in [0.5, 0.6) is 5.75 Å². The van der Waals surface area contributed by atoms with Crippen molar-refractivity contribution in [3.8, 4) is 5.75 Å². The number of nitrogen functional groups attached to an aromatic ring is 1. The van der Waals surface area contributed by atoms with Crippen molar-refractivity contribution in [3.63, 3.8) is 0 Å². The fraction of sp³-hybridized carbons (Fsp3) is 0.148. The van der Waals surface area contributed by atoms with Crippen molar-refractivity contribution in [2.45, 2.75) is 20.0 Å². The van der Waals surface area contributed by atoms with Gasteiger partial charge in [-0.05, 0) is 48.0 Å². The number of amides is 3. The fourth-order valence-electron chi connectivity index (χ4n) is 3.39. The van der Waals surface area contributed by atoms with Crippen molar-refractivity contribution in [1.82, 2.24) is 5.32 Å². The molecule has 3 rings (SSSR count). The van der Waals surface area contributed by atoms with E-state index in [1.54, 1.807) is 56.3 Å². The van der Waals surface area contributed by atoms with E-state index in [0.29, 0.717) is 11.4 Å². The first-order valence-corrected chi connectivity index (χ1v) is 11.0. The number of ether oxygens (including phenoxy) is 1. The maximum absolute atomic E-state index is 14.1. The minimum atomic E-state index is -1.14. The van der Waals surface area contributed by atoms with E-state index in [1.807, 2.05) is 0 Å². The third-order valence-corrected chi connectivity index (χ3v) is 5.31. The summed E-state index contributed by atoms with van der Waals surface area (Å²) in [6, 6.07) is 18.3. The molecule has 1 atom stereocenters. The summed E-state index contributed by atoms with van der Waals surface area (Å²) >= 11 is 0. The first kappa shape index (κ1) is 26.0. The lowest BCUT2D eigenvalue weighted by Crippen LogP contribution is -2.35. The molecule has 0 spiro atoms. The lowest BCUT2D eigenvalue weighted by Gasteiger charge is -2.31. The van der Waals surface area contributed by atoms with Gasteiger partial charge in [0, 0.05) is 11.0 Å². The topological polar surface area (TPSA) is 131 Å². The van der Waals surface area contributed by atoms with Gasteiger partial charge in [0.2, 0.25) is 5.91 Å². The Morgan fingerprint density at radius 3 is 2.36 bits per heavy atom. The van der Waals surface area contributed by atoms with Crippen LogP contribution < -0.4 is 16.4 Å². The summed E-state index contributed by atoms with van der Waals surface area (Å²) in [7, 11) is 0. The van der Waals surface area contributed by atoms with Crippen molar-refractivity contribution < 1.29 is 28.6 Å². The lowest BCUT2D eigenvalue weighted by molar-refractivity contribution is -0.112. The van der Waals surface area contributed by atoms with E-state index in [9.17, 15) is 23.9 Å². The van der Waals surface area contributed by atoms with Crippen LogP contribution in [0.1, 0.15) is 35.9 Å². The van der Waals surface area contributed by atoms with E-state index in [4.69, 9.17) is 10.5 Å². The summed E-state index contributed by atoms with van der Waals surface area (Å²) in [4.78, 5) is 37.4. The number of anilines is 2. The number of aromatic hydroxyl groups is 1. The number of hydrogen-bond acceptors (Lipinski definition) is 6. The average molecular weight is 492 g/mol. The minimum Gasteiger partial charge on any atom is -0.505 e. The number of alkyl carbamates (subject to hydrolysis) is 1. The molecule has 5 N–H and O–H groups in total. The maximum Gasteiger partial charge on any atom is 0.414 e. The van der Waals surface area contributed by atoms with Crippen LogP contribution in [0.25, 0.3) is 0 Å². The Labute approximate surface area is 207 Å². The van der Waals surface area contributed by atoms with Crippen molar-refractivity contribution in [1.29, 1.82) is 0 Å². The number of nitrogens with one attached hydrogen (secondary N) is 2. The molecule has 9 heteroatoms. The molecular weight excluding hydrogens is 465 g/mol. The van der Waals surface area contributed by atoms with Gasteiger partial charge in [0.15, 0.2) is 11.6 Å². The van der Waals surface area contributed by atoms with E-state index >= 15 is 0 Å². The smallest absolute Gasteiger partial charge is 0.414 e. The van der Waals surface area contributed by atoms with Gasteiger partial charge in [0.05, 0.1) is 11.4 Å². The highest BCUT2D eigenvalue weighted by Crippen LogP contribution is 2.39. The molecule has 0 unspecified atom stereocenters. The number of halogens is 1. The van der Waals surface area contributed by atoms with Crippen LogP contribution in [0.4, 0.5) is 20.6 Å². The van der Waals surface area contributed by atoms with E-state index < -0.39 is 41.0 Å². The number of carbonyl (C=O) groups is 3. The predicted molar refractivity (Wildman–Crippen MR) is 134 cm³/mol. The molecule has 0 saturated heterocycles. The highest BCUT2D eigenvalue weighted by molar-refractivity contribution is 6.03. The number of nitrogens with two attached hydrogens (primary N) is 1. The molecule has 8 nitrogen and oxygen atoms in total. The second kappa shape index (κ2) is 11.2. The Bertz CT molecular complexity index is 1290. The van der Waals surface area contributed by atoms with Gasteiger partial charge in [-0.25, -0.2) is 9.18 Å². The largest absolute Gasteiger partial charge is 0.505 e. The lowest BCUT2D eigenvalue weighted by atomic mass is 9.82. The number of hydrogen-bond donors (Lipinski definition) is 4. The summed E-state index contributed by atoms with van der Waals surface area (Å²) < 4.78 is 19.7. The zero-order chi connectivity index (χ0) is 26.3. The van der Waals surface area contributed by atoms with Gasteiger partial charge >= 0.3 is 6.09 Å². The molecule has 3 amide bonds. The van der Waals surface area contributed by atoms with Crippen LogP contribution in [0.15, 0.2) is 84.9 Å². The number of rotatable bonds is 7. The van der Waals surface area contributed by atoms with Gasteiger partial charge in [0.1, 0.15) is 6.10 Å². The van der Waals surface area contributed by atoms with Crippen LogP contribution in [0.2, 0.25) is 0 Å². The second-order valence-electron chi connectivity index (χ2n) is 8.55.